The summed E-state index contributed by atoms with van der Waals surface area (Å²) in [7, 11) is 0. The maximum absolute atomic E-state index is 5.72. The Bertz CT molecular complexity index is 596. The Hall–Kier alpha value is -1.86. The van der Waals surface area contributed by atoms with Gasteiger partial charge >= 0.3 is 0 Å². The molecule has 0 fully saturated rings. The van der Waals surface area contributed by atoms with Gasteiger partial charge in [0.15, 0.2) is 0 Å². The summed E-state index contributed by atoms with van der Waals surface area (Å²) in [6.45, 7) is 3.10. The zero-order chi connectivity index (χ0) is 13.4. The quantitative estimate of drug-likeness (QED) is 0.569. The Labute approximate surface area is 115 Å². The summed E-state index contributed by atoms with van der Waals surface area (Å²) in [6, 6.07) is 4.29. The predicted molar refractivity (Wildman–Crippen MR) is 78.0 cm³/mol. The third-order valence-corrected chi connectivity index (χ3v) is 4.45. The number of nitrogen functional groups attached to an aromatic ring is 2. The third kappa shape index (κ3) is 2.11. The molecule has 2 aromatic heterocycles. The number of nitrogens with one attached hydrogen (secondary N) is 1. The number of anilines is 3. The molecule has 0 aliphatic carbocycles. The van der Waals surface area contributed by atoms with Gasteiger partial charge in [-0.15, -0.1) is 11.3 Å². The van der Waals surface area contributed by atoms with Crippen molar-refractivity contribution in [1.29, 1.82) is 0 Å². The number of rotatable bonds is 2. The molecule has 5 N–H and O–H groups in total. The second-order valence-corrected chi connectivity index (χ2v) is 5.53. The third-order valence-electron chi connectivity index (χ3n) is 3.45. The Kier molecular flexibility index (Phi) is 3.00. The van der Waals surface area contributed by atoms with E-state index in [9.17, 15) is 0 Å². The van der Waals surface area contributed by atoms with Crippen LogP contribution < -0.4 is 21.9 Å². The molecule has 2 aromatic rings. The molecule has 1 unspecified atom stereocenters. The standard InChI is InChI=1S/C12H16N6S/c1-7-8-3-5-19-9(8)2-4-18(7)11-6-10(17-14)15-12(13)16-11/h3,5-7H,2,4,14H2,1H3,(H3,13,15,16,17). The monoisotopic (exact) mass is 276 g/mol. The Morgan fingerprint density at radius 3 is 3.11 bits per heavy atom. The predicted octanol–water partition coefficient (Wildman–Crippen LogP) is 1.53. The summed E-state index contributed by atoms with van der Waals surface area (Å²) in [4.78, 5) is 12.0. The first-order valence-electron chi connectivity index (χ1n) is 6.13. The van der Waals surface area contributed by atoms with Crippen LogP contribution in [0.15, 0.2) is 17.5 Å². The van der Waals surface area contributed by atoms with Gasteiger partial charge in [-0.1, -0.05) is 0 Å². The van der Waals surface area contributed by atoms with Gasteiger partial charge in [-0.05, 0) is 30.4 Å². The first kappa shape index (κ1) is 12.2. The van der Waals surface area contributed by atoms with E-state index < -0.39 is 0 Å². The summed E-state index contributed by atoms with van der Waals surface area (Å²) < 4.78 is 0. The van der Waals surface area contributed by atoms with Crippen molar-refractivity contribution in [3.63, 3.8) is 0 Å². The molecule has 6 nitrogen and oxygen atoms in total. The van der Waals surface area contributed by atoms with Crippen LogP contribution in [0.25, 0.3) is 0 Å². The van der Waals surface area contributed by atoms with Crippen molar-refractivity contribution >= 4 is 28.9 Å². The van der Waals surface area contributed by atoms with Gasteiger partial charge in [0.1, 0.15) is 11.6 Å². The highest BCUT2D eigenvalue weighted by Gasteiger charge is 2.26. The van der Waals surface area contributed by atoms with E-state index in [0.717, 1.165) is 18.8 Å². The summed E-state index contributed by atoms with van der Waals surface area (Å²) in [5, 5.41) is 2.14. The minimum absolute atomic E-state index is 0.230. The molecule has 0 spiro atoms. The summed E-state index contributed by atoms with van der Waals surface area (Å²) in [5.74, 6) is 6.97. The zero-order valence-corrected chi connectivity index (χ0v) is 11.4. The molecule has 1 atom stereocenters. The summed E-state index contributed by atoms with van der Waals surface area (Å²) in [5.41, 5.74) is 9.61. The van der Waals surface area contributed by atoms with Gasteiger partial charge in [0.2, 0.25) is 5.95 Å². The minimum atomic E-state index is 0.230. The number of hydrazine groups is 1. The number of nitrogens with zero attached hydrogens (tertiary/aromatic N) is 3. The molecular formula is C12H16N6S. The molecule has 0 bridgehead atoms. The molecule has 1 aliphatic heterocycles. The molecule has 3 heterocycles. The smallest absolute Gasteiger partial charge is 0.223 e. The minimum Gasteiger partial charge on any atom is -0.368 e. The highest BCUT2D eigenvalue weighted by Crippen LogP contribution is 2.35. The second kappa shape index (κ2) is 4.67. The number of hydrogen-bond acceptors (Lipinski definition) is 7. The molecular weight excluding hydrogens is 260 g/mol. The molecule has 0 aromatic carbocycles. The lowest BCUT2D eigenvalue weighted by Crippen LogP contribution is -2.34. The Morgan fingerprint density at radius 2 is 2.32 bits per heavy atom. The van der Waals surface area contributed by atoms with E-state index in [1.54, 1.807) is 0 Å². The van der Waals surface area contributed by atoms with Crippen molar-refractivity contribution < 1.29 is 0 Å². The number of nitrogens with two attached hydrogens (primary N) is 2. The number of fused-ring (bicyclic) bond motifs is 1. The van der Waals surface area contributed by atoms with E-state index in [1.807, 2.05) is 17.4 Å². The van der Waals surface area contributed by atoms with Crippen LogP contribution in [0.2, 0.25) is 0 Å². The second-order valence-electron chi connectivity index (χ2n) is 4.53. The maximum atomic E-state index is 5.72. The van der Waals surface area contributed by atoms with E-state index in [-0.39, 0.29) is 12.0 Å². The van der Waals surface area contributed by atoms with Crippen molar-refractivity contribution in [3.05, 3.63) is 28.0 Å². The average molecular weight is 276 g/mol. The fraction of sp³-hybridized carbons (Fsp3) is 0.333. The van der Waals surface area contributed by atoms with Crippen LogP contribution in [-0.2, 0) is 6.42 Å². The normalized spacial score (nSPS) is 18.2. The molecule has 0 amide bonds. The Morgan fingerprint density at radius 1 is 1.47 bits per heavy atom. The SMILES string of the molecule is CC1c2ccsc2CCN1c1cc(NN)nc(N)n1. The van der Waals surface area contributed by atoms with Crippen molar-refractivity contribution in [3.8, 4) is 0 Å². The number of aromatic nitrogens is 2. The molecule has 1 aliphatic rings. The fourth-order valence-corrected chi connectivity index (χ4v) is 3.46. The van der Waals surface area contributed by atoms with Gasteiger partial charge in [0, 0.05) is 17.5 Å². The van der Waals surface area contributed by atoms with E-state index >= 15 is 0 Å². The molecule has 0 saturated heterocycles. The van der Waals surface area contributed by atoms with E-state index in [1.165, 1.54) is 10.4 Å². The van der Waals surface area contributed by atoms with Gasteiger partial charge in [0.25, 0.3) is 0 Å². The Balaban J connectivity index is 1.97. The van der Waals surface area contributed by atoms with Crippen LogP contribution in [0.5, 0.6) is 0 Å². The highest BCUT2D eigenvalue weighted by atomic mass is 32.1. The van der Waals surface area contributed by atoms with Gasteiger partial charge in [-0.2, -0.15) is 9.97 Å². The molecule has 0 saturated carbocycles. The lowest BCUT2D eigenvalue weighted by Gasteiger charge is -2.34. The fourth-order valence-electron chi connectivity index (χ4n) is 2.50. The van der Waals surface area contributed by atoms with Crippen LogP contribution in [0.4, 0.5) is 17.6 Å². The van der Waals surface area contributed by atoms with Crippen LogP contribution in [0.1, 0.15) is 23.4 Å². The van der Waals surface area contributed by atoms with Crippen LogP contribution in [0, 0.1) is 0 Å². The molecule has 3 rings (SSSR count). The van der Waals surface area contributed by atoms with E-state index in [2.05, 4.69) is 38.7 Å². The zero-order valence-electron chi connectivity index (χ0n) is 10.6. The largest absolute Gasteiger partial charge is 0.368 e. The molecule has 19 heavy (non-hydrogen) atoms. The lowest BCUT2D eigenvalue weighted by atomic mass is 10.0. The van der Waals surface area contributed by atoms with Gasteiger partial charge in [0.05, 0.1) is 6.04 Å². The first-order valence-corrected chi connectivity index (χ1v) is 7.01. The van der Waals surface area contributed by atoms with E-state index in [0.29, 0.717) is 5.82 Å². The topological polar surface area (TPSA) is 93.1 Å². The van der Waals surface area contributed by atoms with Gasteiger partial charge in [-0.3, -0.25) is 0 Å². The molecule has 7 heteroatoms. The first-order chi connectivity index (χ1) is 9.19. The lowest BCUT2D eigenvalue weighted by molar-refractivity contribution is 0.625. The van der Waals surface area contributed by atoms with Gasteiger partial charge in [-0.25, -0.2) is 5.84 Å². The number of hydrogen-bond donors (Lipinski definition) is 3. The van der Waals surface area contributed by atoms with Crippen molar-refractivity contribution in [2.75, 3.05) is 22.6 Å². The van der Waals surface area contributed by atoms with Crippen LogP contribution >= 0.6 is 11.3 Å². The average Bonchev–Trinajstić information content (AvgIpc) is 2.87. The molecule has 0 radical (unpaired) electrons. The van der Waals surface area contributed by atoms with Crippen molar-refractivity contribution in [2.24, 2.45) is 5.84 Å². The molecule has 100 valence electrons. The van der Waals surface area contributed by atoms with Crippen molar-refractivity contribution in [1.82, 2.24) is 9.97 Å². The van der Waals surface area contributed by atoms with Crippen LogP contribution in [-0.4, -0.2) is 16.5 Å². The van der Waals surface area contributed by atoms with Crippen LogP contribution in [0.3, 0.4) is 0 Å². The van der Waals surface area contributed by atoms with Crippen molar-refractivity contribution in [2.45, 2.75) is 19.4 Å². The van der Waals surface area contributed by atoms with Gasteiger partial charge < -0.3 is 16.1 Å². The van der Waals surface area contributed by atoms with E-state index in [4.69, 9.17) is 11.6 Å². The summed E-state index contributed by atoms with van der Waals surface area (Å²) in [6.07, 6.45) is 1.03. The number of thiophene rings is 1. The summed E-state index contributed by atoms with van der Waals surface area (Å²) >= 11 is 1.82. The highest BCUT2D eigenvalue weighted by molar-refractivity contribution is 7.10. The maximum Gasteiger partial charge on any atom is 0.223 e.